The van der Waals surface area contributed by atoms with Crippen molar-refractivity contribution in [2.24, 2.45) is 0 Å². The molecule has 20 heavy (non-hydrogen) atoms. The fourth-order valence-electron chi connectivity index (χ4n) is 2.25. The molecule has 2 N–H and O–H groups in total. The zero-order chi connectivity index (χ0) is 14.5. The zero-order valence-corrected chi connectivity index (χ0v) is 13.7. The Bertz CT molecular complexity index is 476. The van der Waals surface area contributed by atoms with Gasteiger partial charge < -0.3 is 15.5 Å². The van der Waals surface area contributed by atoms with Gasteiger partial charge >= 0.3 is 0 Å². The van der Waals surface area contributed by atoms with Gasteiger partial charge in [0.25, 0.3) is 0 Å². The second kappa shape index (κ2) is 7.09. The van der Waals surface area contributed by atoms with Crippen molar-refractivity contribution in [2.45, 2.75) is 32.9 Å². The highest BCUT2D eigenvalue weighted by molar-refractivity contribution is 9.10. The van der Waals surface area contributed by atoms with Crippen LogP contribution in [-0.4, -0.2) is 31.6 Å². The first-order chi connectivity index (χ1) is 9.56. The summed E-state index contributed by atoms with van der Waals surface area (Å²) in [7, 11) is 0. The van der Waals surface area contributed by atoms with Gasteiger partial charge in [0.05, 0.1) is 5.69 Å². The number of anilines is 1. The predicted octanol–water partition coefficient (Wildman–Crippen LogP) is 2.27. The lowest BCUT2D eigenvalue weighted by atomic mass is 10.2. The summed E-state index contributed by atoms with van der Waals surface area (Å²) in [5, 5.41) is 6.32. The first-order valence-corrected chi connectivity index (χ1v) is 7.89. The highest BCUT2D eigenvalue weighted by Gasteiger charge is 2.15. The lowest BCUT2D eigenvalue weighted by molar-refractivity contribution is -0.120. The van der Waals surface area contributed by atoms with Gasteiger partial charge in [-0.05, 0) is 33.6 Å². The van der Waals surface area contributed by atoms with Crippen molar-refractivity contribution in [1.29, 1.82) is 0 Å². The Morgan fingerprint density at radius 1 is 1.40 bits per heavy atom. The highest BCUT2D eigenvalue weighted by atomic mass is 79.9. The number of nitrogens with one attached hydrogen (secondary N) is 2. The molecule has 1 fully saturated rings. The van der Waals surface area contributed by atoms with Crippen molar-refractivity contribution in [2.75, 3.05) is 24.5 Å². The first kappa shape index (κ1) is 15.3. The normalized spacial score (nSPS) is 16.2. The molecule has 110 valence electrons. The topological polar surface area (TPSA) is 44.4 Å². The molecule has 5 heteroatoms. The summed E-state index contributed by atoms with van der Waals surface area (Å²) in [6.07, 6.45) is 0.559. The number of hydrogen-bond donors (Lipinski definition) is 2. The minimum Gasteiger partial charge on any atom is -0.368 e. The second-order valence-corrected chi connectivity index (χ2v) is 6.26. The van der Waals surface area contributed by atoms with Crippen molar-refractivity contribution in [3.8, 4) is 0 Å². The van der Waals surface area contributed by atoms with E-state index in [2.05, 4.69) is 63.5 Å². The van der Waals surface area contributed by atoms with Gasteiger partial charge in [0.1, 0.15) is 0 Å². The van der Waals surface area contributed by atoms with Crippen LogP contribution < -0.4 is 15.5 Å². The third kappa shape index (κ3) is 4.21. The number of carbonyl (C=O) groups excluding carboxylic acids is 1. The van der Waals surface area contributed by atoms with E-state index in [1.54, 1.807) is 0 Å². The van der Waals surface area contributed by atoms with Crippen molar-refractivity contribution in [3.63, 3.8) is 0 Å². The van der Waals surface area contributed by atoms with E-state index in [4.69, 9.17) is 0 Å². The summed E-state index contributed by atoms with van der Waals surface area (Å²) in [6, 6.07) is 6.92. The van der Waals surface area contributed by atoms with Crippen molar-refractivity contribution in [1.82, 2.24) is 10.6 Å². The van der Waals surface area contributed by atoms with Crippen LogP contribution in [-0.2, 0) is 11.3 Å². The Kier molecular flexibility index (Phi) is 5.43. The molecule has 1 saturated heterocycles. The number of benzene rings is 1. The Hall–Kier alpha value is -1.07. The quantitative estimate of drug-likeness (QED) is 0.884. The Balaban J connectivity index is 2.06. The van der Waals surface area contributed by atoms with Crippen molar-refractivity contribution < 1.29 is 4.79 Å². The van der Waals surface area contributed by atoms with Gasteiger partial charge in [-0.3, -0.25) is 4.79 Å². The molecule has 1 aliphatic rings. The summed E-state index contributed by atoms with van der Waals surface area (Å²) in [4.78, 5) is 13.6. The lowest BCUT2D eigenvalue weighted by Gasteiger charge is -2.23. The largest absolute Gasteiger partial charge is 0.368 e. The summed E-state index contributed by atoms with van der Waals surface area (Å²) in [5.74, 6) is 0.140. The first-order valence-electron chi connectivity index (χ1n) is 7.09. The summed E-state index contributed by atoms with van der Waals surface area (Å²) >= 11 is 3.66. The van der Waals surface area contributed by atoms with Crippen LogP contribution in [0.2, 0.25) is 0 Å². The molecule has 2 rings (SSSR count). The van der Waals surface area contributed by atoms with Gasteiger partial charge in [0.2, 0.25) is 5.91 Å². The monoisotopic (exact) mass is 339 g/mol. The van der Waals surface area contributed by atoms with Crippen LogP contribution in [0, 0.1) is 0 Å². The fraction of sp³-hybridized carbons (Fsp3) is 0.533. The maximum Gasteiger partial charge on any atom is 0.221 e. The van der Waals surface area contributed by atoms with E-state index in [0.717, 1.165) is 29.8 Å². The number of amides is 1. The average Bonchev–Trinajstić information content (AvgIpc) is 2.61. The summed E-state index contributed by atoms with van der Waals surface area (Å²) < 4.78 is 1.09. The van der Waals surface area contributed by atoms with Gasteiger partial charge in [-0.2, -0.15) is 0 Å². The molecule has 0 saturated carbocycles. The second-order valence-electron chi connectivity index (χ2n) is 5.41. The molecule has 0 aromatic heterocycles. The Morgan fingerprint density at radius 2 is 2.20 bits per heavy atom. The van der Waals surface area contributed by atoms with Gasteiger partial charge in [-0.1, -0.05) is 19.9 Å². The molecular formula is C15H22BrN3O. The van der Waals surface area contributed by atoms with Gasteiger partial charge in [-0.15, -0.1) is 0 Å². The van der Waals surface area contributed by atoms with Gasteiger partial charge in [0, 0.05) is 43.1 Å². The molecule has 0 atom stereocenters. The van der Waals surface area contributed by atoms with E-state index in [0.29, 0.717) is 19.0 Å². The molecule has 1 aromatic rings. The maximum absolute atomic E-state index is 11.4. The molecule has 0 bridgehead atoms. The van der Waals surface area contributed by atoms with E-state index in [-0.39, 0.29) is 5.91 Å². The molecule has 1 aromatic carbocycles. The summed E-state index contributed by atoms with van der Waals surface area (Å²) in [6.45, 7) is 7.50. The van der Waals surface area contributed by atoms with Crippen LogP contribution in [0.15, 0.2) is 22.7 Å². The maximum atomic E-state index is 11.4. The third-order valence-corrected chi connectivity index (χ3v) is 4.02. The van der Waals surface area contributed by atoms with Crippen molar-refractivity contribution >= 4 is 27.5 Å². The van der Waals surface area contributed by atoms with Crippen molar-refractivity contribution in [3.05, 3.63) is 28.2 Å². The van der Waals surface area contributed by atoms with Crippen LogP contribution in [0.1, 0.15) is 25.8 Å². The molecule has 0 aliphatic carbocycles. The number of rotatable bonds is 4. The lowest BCUT2D eigenvalue weighted by Crippen LogP contribution is -2.28. The number of hydrogen-bond acceptors (Lipinski definition) is 3. The number of halogens is 1. The van der Waals surface area contributed by atoms with E-state index in [1.807, 2.05) is 0 Å². The third-order valence-electron chi connectivity index (χ3n) is 3.38. The Labute approximate surface area is 129 Å². The number of nitrogens with zero attached hydrogens (tertiary/aromatic N) is 1. The van der Waals surface area contributed by atoms with Gasteiger partial charge in [-0.25, -0.2) is 0 Å². The molecule has 0 spiro atoms. The van der Waals surface area contributed by atoms with E-state index in [9.17, 15) is 4.79 Å². The fourth-order valence-corrected chi connectivity index (χ4v) is 2.92. The van der Waals surface area contributed by atoms with E-state index >= 15 is 0 Å². The van der Waals surface area contributed by atoms with E-state index in [1.165, 1.54) is 5.56 Å². The van der Waals surface area contributed by atoms with Crippen LogP contribution in [0.4, 0.5) is 5.69 Å². The SMILES string of the molecule is CC(C)NCc1ccc(N2CCNC(=O)CC2)c(Br)c1. The molecule has 1 amide bonds. The Morgan fingerprint density at radius 3 is 2.90 bits per heavy atom. The minimum atomic E-state index is 0.140. The van der Waals surface area contributed by atoms with Crippen LogP contribution in [0.5, 0.6) is 0 Å². The van der Waals surface area contributed by atoms with Gasteiger partial charge in [0.15, 0.2) is 0 Å². The predicted molar refractivity (Wildman–Crippen MR) is 86.0 cm³/mol. The average molecular weight is 340 g/mol. The highest BCUT2D eigenvalue weighted by Crippen LogP contribution is 2.28. The number of carbonyl (C=O) groups is 1. The molecule has 1 heterocycles. The van der Waals surface area contributed by atoms with Crippen LogP contribution in [0.25, 0.3) is 0 Å². The molecule has 4 nitrogen and oxygen atoms in total. The zero-order valence-electron chi connectivity index (χ0n) is 12.1. The van der Waals surface area contributed by atoms with E-state index < -0.39 is 0 Å². The smallest absolute Gasteiger partial charge is 0.221 e. The summed E-state index contributed by atoms with van der Waals surface area (Å²) in [5.41, 5.74) is 2.42. The molecule has 1 aliphatic heterocycles. The standard InChI is InChI=1S/C15H22BrN3O/c1-11(2)18-10-12-3-4-14(13(16)9-12)19-7-5-15(20)17-6-8-19/h3-4,9,11,18H,5-8,10H2,1-2H3,(H,17,20). The molecule has 0 radical (unpaired) electrons. The molecule has 0 unspecified atom stereocenters. The molecular weight excluding hydrogens is 318 g/mol. The van der Waals surface area contributed by atoms with Crippen LogP contribution >= 0.6 is 15.9 Å². The van der Waals surface area contributed by atoms with Crippen LogP contribution in [0.3, 0.4) is 0 Å². The minimum absolute atomic E-state index is 0.140.